The van der Waals surface area contributed by atoms with Crippen molar-refractivity contribution in [1.29, 1.82) is 0 Å². The minimum absolute atomic E-state index is 0.107. The fourth-order valence-electron chi connectivity index (χ4n) is 1.51. The van der Waals surface area contributed by atoms with Crippen molar-refractivity contribution in [2.45, 2.75) is 12.8 Å². The highest BCUT2D eigenvalue weighted by molar-refractivity contribution is 5.61. The fourth-order valence-corrected chi connectivity index (χ4v) is 1.51. The van der Waals surface area contributed by atoms with E-state index in [2.05, 4.69) is 0 Å². The zero-order valence-electron chi connectivity index (χ0n) is 8.18. The van der Waals surface area contributed by atoms with E-state index < -0.39 is 4.92 Å². The molecule has 0 radical (unpaired) electrons. The van der Waals surface area contributed by atoms with Crippen LogP contribution in [0.4, 0.5) is 5.69 Å². The van der Waals surface area contributed by atoms with Crippen molar-refractivity contribution in [3.05, 3.63) is 46.0 Å². The third-order valence-corrected chi connectivity index (χ3v) is 2.30. The second kappa shape index (κ2) is 4.13. The molecule has 0 fully saturated rings. The quantitative estimate of drug-likeness (QED) is 0.551. The van der Waals surface area contributed by atoms with E-state index in [1.807, 2.05) is 6.08 Å². The number of nitro groups is 1. The van der Waals surface area contributed by atoms with Gasteiger partial charge < -0.3 is 4.74 Å². The first-order valence-corrected chi connectivity index (χ1v) is 4.85. The van der Waals surface area contributed by atoms with E-state index >= 15 is 0 Å². The lowest BCUT2D eigenvalue weighted by atomic mass is 10.1. The van der Waals surface area contributed by atoms with Crippen LogP contribution in [0.5, 0.6) is 0 Å². The highest BCUT2D eigenvalue weighted by Gasteiger charge is 2.09. The number of ether oxygens (including phenoxy) is 1. The van der Waals surface area contributed by atoms with Crippen LogP contribution in [0.1, 0.15) is 18.4 Å². The first-order valence-electron chi connectivity index (χ1n) is 4.85. The normalized spacial score (nSPS) is 15.3. The summed E-state index contributed by atoms with van der Waals surface area (Å²) in [6.45, 7) is 0.725. The molecule has 0 aromatic heterocycles. The van der Waals surface area contributed by atoms with E-state index in [0.29, 0.717) is 0 Å². The number of nitrogens with zero attached hydrogens (tertiary/aromatic N) is 1. The Bertz CT molecular complexity index is 395. The number of non-ortho nitro benzene ring substituents is 1. The van der Waals surface area contributed by atoms with Crippen molar-refractivity contribution in [1.82, 2.24) is 0 Å². The molecule has 1 aliphatic heterocycles. The number of hydrogen-bond acceptors (Lipinski definition) is 3. The Hall–Kier alpha value is -1.84. The maximum atomic E-state index is 10.4. The van der Waals surface area contributed by atoms with Gasteiger partial charge in [-0.3, -0.25) is 10.1 Å². The van der Waals surface area contributed by atoms with Crippen LogP contribution in [0.15, 0.2) is 30.3 Å². The summed E-state index contributed by atoms with van der Waals surface area (Å²) in [6, 6.07) is 6.42. The van der Waals surface area contributed by atoms with Crippen LogP contribution in [0.2, 0.25) is 0 Å². The summed E-state index contributed by atoms with van der Waals surface area (Å²) in [5.41, 5.74) is 1.01. The molecule has 0 atom stereocenters. The molecule has 0 saturated heterocycles. The van der Waals surface area contributed by atoms with Crippen LogP contribution >= 0.6 is 0 Å². The molecule has 15 heavy (non-hydrogen) atoms. The molecule has 0 aliphatic carbocycles. The summed E-state index contributed by atoms with van der Waals surface area (Å²) in [7, 11) is 0. The highest BCUT2D eigenvalue weighted by Crippen LogP contribution is 2.23. The smallest absolute Gasteiger partial charge is 0.269 e. The van der Waals surface area contributed by atoms with Crippen molar-refractivity contribution in [2.75, 3.05) is 6.61 Å². The third kappa shape index (κ3) is 2.15. The molecule has 0 spiro atoms. The minimum atomic E-state index is -0.403. The molecule has 0 bridgehead atoms. The second-order valence-electron chi connectivity index (χ2n) is 3.36. The SMILES string of the molecule is O=[N+]([O-])c1ccc(C2=CCCCO2)cc1. The molecule has 1 aromatic carbocycles. The highest BCUT2D eigenvalue weighted by atomic mass is 16.6. The summed E-state index contributed by atoms with van der Waals surface area (Å²) < 4.78 is 5.46. The van der Waals surface area contributed by atoms with Gasteiger partial charge in [0, 0.05) is 17.7 Å². The first-order chi connectivity index (χ1) is 7.27. The number of hydrogen-bond donors (Lipinski definition) is 0. The lowest BCUT2D eigenvalue weighted by Crippen LogP contribution is -2.00. The Balaban J connectivity index is 2.23. The number of rotatable bonds is 2. The number of nitro benzene ring substituents is 1. The topological polar surface area (TPSA) is 52.4 Å². The molecule has 0 saturated carbocycles. The van der Waals surface area contributed by atoms with Crippen molar-refractivity contribution in [3.63, 3.8) is 0 Å². The standard InChI is InChI=1S/C11H11NO3/c13-12(14)10-6-4-9(5-7-10)11-3-1-2-8-15-11/h3-7H,1-2,8H2. The average molecular weight is 205 g/mol. The predicted molar refractivity (Wildman–Crippen MR) is 56.3 cm³/mol. The van der Waals surface area contributed by atoms with Gasteiger partial charge in [-0.1, -0.05) is 0 Å². The van der Waals surface area contributed by atoms with E-state index in [1.165, 1.54) is 12.1 Å². The summed E-state index contributed by atoms with van der Waals surface area (Å²) in [5.74, 6) is 0.830. The first kappa shape index (κ1) is 9.71. The van der Waals surface area contributed by atoms with Gasteiger partial charge in [-0.15, -0.1) is 0 Å². The average Bonchev–Trinajstić information content (AvgIpc) is 2.30. The molecule has 0 amide bonds. The maximum absolute atomic E-state index is 10.4. The van der Waals surface area contributed by atoms with Gasteiger partial charge in [0.05, 0.1) is 11.5 Å². The van der Waals surface area contributed by atoms with Gasteiger partial charge in [0.25, 0.3) is 5.69 Å². The Morgan fingerprint density at radius 2 is 2.00 bits per heavy atom. The van der Waals surface area contributed by atoms with Crippen LogP contribution in [-0.2, 0) is 4.74 Å². The van der Waals surface area contributed by atoms with Crippen LogP contribution in [0.25, 0.3) is 5.76 Å². The fraction of sp³-hybridized carbons (Fsp3) is 0.273. The van der Waals surface area contributed by atoms with Crippen LogP contribution in [0, 0.1) is 10.1 Å². The molecule has 4 heteroatoms. The lowest BCUT2D eigenvalue weighted by molar-refractivity contribution is -0.384. The van der Waals surface area contributed by atoms with Gasteiger partial charge in [-0.05, 0) is 31.1 Å². The molecule has 1 heterocycles. The molecular weight excluding hydrogens is 194 g/mol. The Labute approximate surface area is 87.3 Å². The molecular formula is C11H11NO3. The zero-order valence-corrected chi connectivity index (χ0v) is 8.18. The largest absolute Gasteiger partial charge is 0.493 e. The lowest BCUT2D eigenvalue weighted by Gasteiger charge is -2.14. The summed E-state index contributed by atoms with van der Waals surface area (Å²) in [5, 5.41) is 10.4. The summed E-state index contributed by atoms with van der Waals surface area (Å²) in [6.07, 6.45) is 4.06. The number of allylic oxidation sites excluding steroid dienone is 1. The molecule has 4 nitrogen and oxygen atoms in total. The van der Waals surface area contributed by atoms with Gasteiger partial charge in [0.2, 0.25) is 0 Å². The monoisotopic (exact) mass is 205 g/mol. The van der Waals surface area contributed by atoms with E-state index in [9.17, 15) is 10.1 Å². The summed E-state index contributed by atoms with van der Waals surface area (Å²) >= 11 is 0. The van der Waals surface area contributed by atoms with Gasteiger partial charge in [0.1, 0.15) is 5.76 Å². The molecule has 2 rings (SSSR count). The molecule has 1 aliphatic rings. The van der Waals surface area contributed by atoms with Crippen molar-refractivity contribution in [3.8, 4) is 0 Å². The minimum Gasteiger partial charge on any atom is -0.493 e. The predicted octanol–water partition coefficient (Wildman–Crippen LogP) is 2.75. The van der Waals surface area contributed by atoms with Crippen LogP contribution in [-0.4, -0.2) is 11.5 Å². The Morgan fingerprint density at radius 3 is 2.53 bits per heavy atom. The summed E-state index contributed by atoms with van der Waals surface area (Å²) in [4.78, 5) is 10.0. The van der Waals surface area contributed by atoms with E-state index in [-0.39, 0.29) is 5.69 Å². The van der Waals surface area contributed by atoms with E-state index in [4.69, 9.17) is 4.74 Å². The van der Waals surface area contributed by atoms with Crippen LogP contribution in [0.3, 0.4) is 0 Å². The van der Waals surface area contributed by atoms with E-state index in [1.54, 1.807) is 12.1 Å². The van der Waals surface area contributed by atoms with Gasteiger partial charge in [-0.25, -0.2) is 0 Å². The Morgan fingerprint density at radius 1 is 1.27 bits per heavy atom. The second-order valence-corrected chi connectivity index (χ2v) is 3.36. The molecule has 0 unspecified atom stereocenters. The van der Waals surface area contributed by atoms with Gasteiger partial charge in [0.15, 0.2) is 0 Å². The van der Waals surface area contributed by atoms with Crippen molar-refractivity contribution < 1.29 is 9.66 Å². The van der Waals surface area contributed by atoms with Crippen LogP contribution < -0.4 is 0 Å². The molecule has 0 N–H and O–H groups in total. The van der Waals surface area contributed by atoms with Gasteiger partial charge >= 0.3 is 0 Å². The number of benzene rings is 1. The molecule has 78 valence electrons. The maximum Gasteiger partial charge on any atom is 0.269 e. The Kier molecular flexibility index (Phi) is 2.67. The van der Waals surface area contributed by atoms with Gasteiger partial charge in [-0.2, -0.15) is 0 Å². The zero-order chi connectivity index (χ0) is 10.7. The van der Waals surface area contributed by atoms with Crippen molar-refractivity contribution in [2.24, 2.45) is 0 Å². The van der Waals surface area contributed by atoms with Crippen molar-refractivity contribution >= 4 is 11.4 Å². The van der Waals surface area contributed by atoms with E-state index in [0.717, 1.165) is 30.8 Å². The molecule has 1 aromatic rings. The third-order valence-electron chi connectivity index (χ3n) is 2.30.